The number of nitrogens with zero attached hydrogens (tertiary/aromatic N) is 6. The number of hydrogen-bond donors (Lipinski definition) is 2. The monoisotopic (exact) mass is 515 g/mol. The molecule has 0 radical (unpaired) electrons. The summed E-state index contributed by atoms with van der Waals surface area (Å²) < 4.78 is 2.40. The van der Waals surface area contributed by atoms with E-state index in [1.54, 1.807) is 42.5 Å². The summed E-state index contributed by atoms with van der Waals surface area (Å²) in [6.07, 6.45) is 1.39. The highest BCUT2D eigenvalue weighted by Crippen LogP contribution is 2.40. The van der Waals surface area contributed by atoms with Gasteiger partial charge in [0.25, 0.3) is 5.91 Å². The fourth-order valence-electron chi connectivity index (χ4n) is 4.02. The largest absolute Gasteiger partial charge is 0.505 e. The van der Waals surface area contributed by atoms with Gasteiger partial charge in [-0.1, -0.05) is 65.9 Å². The highest BCUT2D eigenvalue weighted by atomic mass is 32.1. The summed E-state index contributed by atoms with van der Waals surface area (Å²) in [6.45, 7) is 0. The predicted molar refractivity (Wildman–Crippen MR) is 146 cm³/mol. The number of amides is 1. The van der Waals surface area contributed by atoms with Crippen molar-refractivity contribution in [1.82, 2.24) is 14.8 Å². The number of rotatable bonds is 5. The number of fused-ring (bicyclic) bond motifs is 2. The minimum atomic E-state index is -0.492. The van der Waals surface area contributed by atoms with Crippen LogP contribution in [0.4, 0.5) is 17.2 Å². The maximum absolute atomic E-state index is 13.1. The van der Waals surface area contributed by atoms with Crippen LogP contribution >= 0.6 is 11.3 Å². The van der Waals surface area contributed by atoms with Crippen LogP contribution < -0.4 is 5.32 Å². The van der Waals surface area contributed by atoms with Gasteiger partial charge >= 0.3 is 0 Å². The Morgan fingerprint density at radius 1 is 1.00 bits per heavy atom. The molecule has 182 valence electrons. The molecule has 0 aliphatic rings. The van der Waals surface area contributed by atoms with Crippen LogP contribution in [0.3, 0.4) is 0 Å². The lowest BCUT2D eigenvalue weighted by Gasteiger charge is -2.11. The van der Waals surface area contributed by atoms with Gasteiger partial charge in [0.05, 0.1) is 22.0 Å². The second kappa shape index (κ2) is 9.57. The number of aromatic nitrogens is 3. The molecule has 2 aromatic heterocycles. The van der Waals surface area contributed by atoms with Gasteiger partial charge in [-0.3, -0.25) is 4.79 Å². The van der Waals surface area contributed by atoms with E-state index in [4.69, 9.17) is 0 Å². The predicted octanol–water partition coefficient (Wildman–Crippen LogP) is 6.88. The number of azo groups is 1. The van der Waals surface area contributed by atoms with E-state index in [1.165, 1.54) is 22.2 Å². The molecule has 0 saturated carbocycles. The second-order valence-corrected chi connectivity index (χ2v) is 9.24. The molecule has 9 nitrogen and oxygen atoms in total. The molecule has 0 aliphatic carbocycles. The summed E-state index contributed by atoms with van der Waals surface area (Å²) in [4.78, 5) is 17.7. The third-order valence-electron chi connectivity index (χ3n) is 5.84. The number of thiazole rings is 1. The van der Waals surface area contributed by atoms with Gasteiger partial charge in [-0.25, -0.2) is 4.98 Å². The quantitative estimate of drug-likeness (QED) is 0.242. The van der Waals surface area contributed by atoms with Gasteiger partial charge < -0.3 is 10.4 Å². The van der Waals surface area contributed by atoms with Gasteiger partial charge in [-0.15, -0.1) is 10.2 Å². The topological polar surface area (TPSA) is 129 Å². The number of anilines is 1. The van der Waals surface area contributed by atoms with Crippen LogP contribution in [0.25, 0.3) is 26.1 Å². The average Bonchev–Trinajstić information content (AvgIpc) is 3.56. The molecular formula is C28H17N7O2S. The Kier molecular flexibility index (Phi) is 5.80. The molecule has 0 aliphatic heterocycles. The van der Waals surface area contributed by atoms with E-state index in [2.05, 4.69) is 31.7 Å². The van der Waals surface area contributed by atoms with Gasteiger partial charge in [-0.2, -0.15) is 15.0 Å². The van der Waals surface area contributed by atoms with Crippen molar-refractivity contribution in [1.29, 1.82) is 5.26 Å². The molecular weight excluding hydrogens is 498 g/mol. The zero-order valence-electron chi connectivity index (χ0n) is 19.6. The van der Waals surface area contributed by atoms with E-state index in [0.29, 0.717) is 21.6 Å². The third-order valence-corrected chi connectivity index (χ3v) is 6.86. The molecule has 0 atom stereocenters. The van der Waals surface area contributed by atoms with Crippen molar-refractivity contribution in [2.75, 3.05) is 5.32 Å². The summed E-state index contributed by atoms with van der Waals surface area (Å²) in [6, 6.07) is 27.5. The number of para-hydroxylation sites is 2. The molecule has 6 rings (SSSR count). The molecule has 1 amide bonds. The van der Waals surface area contributed by atoms with Crippen LogP contribution in [0.5, 0.6) is 5.75 Å². The molecule has 4 aromatic carbocycles. The molecule has 0 saturated heterocycles. The Morgan fingerprint density at radius 2 is 1.76 bits per heavy atom. The Balaban J connectivity index is 1.45. The summed E-state index contributed by atoms with van der Waals surface area (Å²) in [7, 11) is 0. The standard InChI is InChI=1S/C28H17N7O2S/c29-15-18-16-30-35(28-32-22-12-6-7-13-23(22)38-28)26(18)34-33-24-20-11-5-4-8-17(20)14-21(25(24)36)27(37)31-19-9-2-1-3-10-19/h1-14,16,36H,(H,31,37)/b34-33+. The number of nitriles is 1. The van der Waals surface area contributed by atoms with E-state index >= 15 is 0 Å². The van der Waals surface area contributed by atoms with Gasteiger partial charge in [-0.05, 0) is 35.7 Å². The van der Waals surface area contributed by atoms with Crippen molar-refractivity contribution in [3.05, 3.63) is 102 Å². The second-order valence-electron chi connectivity index (χ2n) is 8.23. The molecule has 2 heterocycles. The minimum absolute atomic E-state index is 0.0432. The summed E-state index contributed by atoms with van der Waals surface area (Å²) in [5, 5.41) is 38.4. The maximum atomic E-state index is 13.1. The molecule has 10 heteroatoms. The highest BCUT2D eigenvalue weighted by Gasteiger charge is 2.20. The van der Waals surface area contributed by atoms with Crippen LogP contribution in [-0.4, -0.2) is 25.8 Å². The van der Waals surface area contributed by atoms with Crippen molar-refractivity contribution < 1.29 is 9.90 Å². The summed E-state index contributed by atoms with van der Waals surface area (Å²) in [5.74, 6) is -0.659. The van der Waals surface area contributed by atoms with Crippen molar-refractivity contribution in [3.8, 4) is 17.0 Å². The zero-order valence-corrected chi connectivity index (χ0v) is 20.4. The Bertz CT molecular complexity index is 1870. The van der Waals surface area contributed by atoms with Crippen LogP contribution in [-0.2, 0) is 0 Å². The third kappa shape index (κ3) is 4.13. The number of phenols is 1. The fraction of sp³-hybridized carbons (Fsp3) is 0. The Morgan fingerprint density at radius 3 is 2.58 bits per heavy atom. The number of benzene rings is 4. The molecule has 38 heavy (non-hydrogen) atoms. The van der Waals surface area contributed by atoms with Gasteiger partial charge in [0.15, 0.2) is 11.6 Å². The first-order valence-corrected chi connectivity index (χ1v) is 12.3. The molecule has 0 unspecified atom stereocenters. The van der Waals surface area contributed by atoms with E-state index in [-0.39, 0.29) is 28.4 Å². The lowest BCUT2D eigenvalue weighted by Crippen LogP contribution is -2.12. The number of carbonyl (C=O) groups excluding carboxylic acids is 1. The first kappa shape index (κ1) is 23.0. The van der Waals surface area contributed by atoms with E-state index < -0.39 is 5.91 Å². The first-order valence-electron chi connectivity index (χ1n) is 11.5. The van der Waals surface area contributed by atoms with E-state index in [0.717, 1.165) is 10.2 Å². The van der Waals surface area contributed by atoms with Crippen LogP contribution in [0, 0.1) is 11.3 Å². The summed E-state index contributed by atoms with van der Waals surface area (Å²) >= 11 is 1.40. The van der Waals surface area contributed by atoms with Crippen molar-refractivity contribution >= 4 is 55.4 Å². The van der Waals surface area contributed by atoms with E-state index in [1.807, 2.05) is 42.5 Å². The molecule has 2 N–H and O–H groups in total. The Labute approximate surface area is 220 Å². The smallest absolute Gasteiger partial charge is 0.259 e. The Hall–Kier alpha value is -5.40. The number of nitrogens with one attached hydrogen (secondary N) is 1. The van der Waals surface area contributed by atoms with Crippen molar-refractivity contribution in [2.24, 2.45) is 10.2 Å². The minimum Gasteiger partial charge on any atom is -0.505 e. The molecule has 0 fully saturated rings. The van der Waals surface area contributed by atoms with Crippen molar-refractivity contribution in [3.63, 3.8) is 0 Å². The number of phenolic OH excluding ortho intramolecular Hbond substituents is 1. The van der Waals surface area contributed by atoms with Crippen molar-refractivity contribution in [2.45, 2.75) is 0 Å². The van der Waals surface area contributed by atoms with Gasteiger partial charge in [0.2, 0.25) is 5.13 Å². The normalized spacial score (nSPS) is 11.2. The molecule has 0 bridgehead atoms. The van der Waals surface area contributed by atoms with Gasteiger partial charge in [0.1, 0.15) is 17.3 Å². The molecule has 0 spiro atoms. The lowest BCUT2D eigenvalue weighted by molar-refractivity contribution is 0.102. The van der Waals surface area contributed by atoms with Crippen LogP contribution in [0.1, 0.15) is 15.9 Å². The van der Waals surface area contributed by atoms with E-state index in [9.17, 15) is 15.2 Å². The average molecular weight is 516 g/mol. The number of hydrogen-bond acceptors (Lipinski definition) is 8. The lowest BCUT2D eigenvalue weighted by atomic mass is 10.0. The fourth-order valence-corrected chi connectivity index (χ4v) is 4.94. The number of aromatic hydroxyl groups is 1. The van der Waals surface area contributed by atoms with Crippen LogP contribution in [0.2, 0.25) is 0 Å². The zero-order chi connectivity index (χ0) is 26.1. The van der Waals surface area contributed by atoms with Gasteiger partial charge in [0, 0.05) is 11.1 Å². The summed E-state index contributed by atoms with van der Waals surface area (Å²) in [5.41, 5.74) is 1.72. The molecule has 6 aromatic rings. The maximum Gasteiger partial charge on any atom is 0.259 e. The highest BCUT2D eigenvalue weighted by molar-refractivity contribution is 7.20. The number of carbonyl (C=O) groups is 1. The SMILES string of the molecule is N#Cc1cnn(-c2nc3ccccc3s2)c1/N=N/c1c(O)c(C(=O)Nc2ccccc2)cc2ccccc12. The first-order chi connectivity index (χ1) is 18.6. The van der Waals surface area contributed by atoms with Crippen LogP contribution in [0.15, 0.2) is 101 Å².